The zero-order valence-corrected chi connectivity index (χ0v) is 12.1. The summed E-state index contributed by atoms with van der Waals surface area (Å²) in [6, 6.07) is 10.7. The number of aromatic nitrogens is 2. The fourth-order valence-electron chi connectivity index (χ4n) is 2.03. The highest BCUT2D eigenvalue weighted by atomic mass is 15.3. The van der Waals surface area contributed by atoms with E-state index in [1.807, 2.05) is 11.6 Å². The van der Waals surface area contributed by atoms with Gasteiger partial charge in [0.15, 0.2) is 0 Å². The summed E-state index contributed by atoms with van der Waals surface area (Å²) in [6.07, 6.45) is 0. The van der Waals surface area contributed by atoms with Crippen LogP contribution >= 0.6 is 0 Å². The Hall–Kier alpha value is -1.97. The van der Waals surface area contributed by atoms with E-state index < -0.39 is 0 Å². The van der Waals surface area contributed by atoms with E-state index in [2.05, 4.69) is 66.7 Å². The van der Waals surface area contributed by atoms with Gasteiger partial charge in [0.05, 0.1) is 5.69 Å². The van der Waals surface area contributed by atoms with Crippen molar-refractivity contribution < 1.29 is 0 Å². The van der Waals surface area contributed by atoms with Gasteiger partial charge in [-0.25, -0.2) is 4.68 Å². The van der Waals surface area contributed by atoms with Crippen LogP contribution in [0.4, 0.5) is 11.5 Å². The topological polar surface area (TPSA) is 33.1 Å². The van der Waals surface area contributed by atoms with Crippen molar-refractivity contribution >= 4 is 11.5 Å². The lowest BCUT2D eigenvalue weighted by Gasteiger charge is -2.13. The highest BCUT2D eigenvalue weighted by Crippen LogP contribution is 2.15. The van der Waals surface area contributed by atoms with Crippen LogP contribution in [-0.4, -0.2) is 23.9 Å². The van der Waals surface area contributed by atoms with Crippen LogP contribution < -0.4 is 10.2 Å². The third-order valence-electron chi connectivity index (χ3n) is 3.13. The Balaban J connectivity index is 2.01. The van der Waals surface area contributed by atoms with E-state index in [0.717, 1.165) is 24.6 Å². The first kappa shape index (κ1) is 13.5. The van der Waals surface area contributed by atoms with Crippen molar-refractivity contribution in [1.82, 2.24) is 9.78 Å². The predicted octanol–water partition coefficient (Wildman–Crippen LogP) is 2.89. The summed E-state index contributed by atoms with van der Waals surface area (Å²) in [4.78, 5) is 2.10. The van der Waals surface area contributed by atoms with Crippen molar-refractivity contribution in [3.8, 4) is 0 Å². The quantitative estimate of drug-likeness (QED) is 0.895. The summed E-state index contributed by atoms with van der Waals surface area (Å²) < 4.78 is 1.99. The number of rotatable bonds is 5. The fourth-order valence-corrected chi connectivity index (χ4v) is 2.03. The minimum atomic E-state index is 0.818. The number of anilines is 2. The van der Waals surface area contributed by atoms with Crippen molar-refractivity contribution in [3.63, 3.8) is 0 Å². The summed E-state index contributed by atoms with van der Waals surface area (Å²) in [5.41, 5.74) is 3.54. The van der Waals surface area contributed by atoms with Gasteiger partial charge in [0.1, 0.15) is 5.82 Å². The summed E-state index contributed by atoms with van der Waals surface area (Å²) in [5, 5.41) is 7.86. The van der Waals surface area contributed by atoms with Gasteiger partial charge >= 0.3 is 0 Å². The van der Waals surface area contributed by atoms with Gasteiger partial charge in [-0.2, -0.15) is 5.10 Å². The normalized spacial score (nSPS) is 10.5. The Labute approximate surface area is 115 Å². The highest BCUT2D eigenvalue weighted by molar-refractivity contribution is 5.47. The van der Waals surface area contributed by atoms with E-state index in [0.29, 0.717) is 0 Å². The maximum absolute atomic E-state index is 4.43. The van der Waals surface area contributed by atoms with Crippen LogP contribution in [-0.2, 0) is 13.1 Å². The van der Waals surface area contributed by atoms with Gasteiger partial charge in [0, 0.05) is 38.9 Å². The van der Waals surface area contributed by atoms with Crippen LogP contribution in [0.2, 0.25) is 0 Å². The zero-order chi connectivity index (χ0) is 13.8. The lowest BCUT2D eigenvalue weighted by Crippen LogP contribution is -2.09. The van der Waals surface area contributed by atoms with Crippen LogP contribution in [0, 0.1) is 6.92 Å². The van der Waals surface area contributed by atoms with E-state index in [4.69, 9.17) is 0 Å². The molecule has 1 heterocycles. The molecule has 1 aromatic heterocycles. The molecule has 2 rings (SSSR count). The molecule has 0 atom stereocenters. The lowest BCUT2D eigenvalue weighted by molar-refractivity contribution is 0.657. The zero-order valence-electron chi connectivity index (χ0n) is 12.1. The van der Waals surface area contributed by atoms with Crippen molar-refractivity contribution in [1.29, 1.82) is 0 Å². The Kier molecular flexibility index (Phi) is 4.10. The van der Waals surface area contributed by atoms with E-state index >= 15 is 0 Å². The SMILES string of the molecule is CCn1nc(C)cc1NCc1ccc(N(C)C)cc1. The van der Waals surface area contributed by atoms with Gasteiger partial charge in [-0.15, -0.1) is 0 Å². The monoisotopic (exact) mass is 258 g/mol. The summed E-state index contributed by atoms with van der Waals surface area (Å²) in [6.45, 7) is 5.82. The molecule has 0 radical (unpaired) electrons. The molecule has 0 spiro atoms. The second kappa shape index (κ2) is 5.78. The lowest BCUT2D eigenvalue weighted by atomic mass is 10.2. The molecule has 0 amide bonds. The molecule has 0 bridgehead atoms. The molecule has 0 aliphatic carbocycles. The second-order valence-corrected chi connectivity index (χ2v) is 4.90. The first-order valence-electron chi connectivity index (χ1n) is 6.64. The number of hydrogen-bond donors (Lipinski definition) is 1. The molecule has 1 aromatic carbocycles. The third kappa shape index (κ3) is 3.28. The molecule has 0 saturated heterocycles. The molecular weight excluding hydrogens is 236 g/mol. The Morgan fingerprint density at radius 3 is 2.47 bits per heavy atom. The van der Waals surface area contributed by atoms with Gasteiger partial charge < -0.3 is 10.2 Å². The fraction of sp³-hybridized carbons (Fsp3) is 0.400. The van der Waals surface area contributed by atoms with Gasteiger partial charge in [0.25, 0.3) is 0 Å². The van der Waals surface area contributed by atoms with Gasteiger partial charge in [0.2, 0.25) is 0 Å². The van der Waals surface area contributed by atoms with E-state index in [1.165, 1.54) is 11.3 Å². The molecule has 102 valence electrons. The van der Waals surface area contributed by atoms with Gasteiger partial charge in [-0.1, -0.05) is 12.1 Å². The Morgan fingerprint density at radius 1 is 1.21 bits per heavy atom. The number of benzene rings is 1. The van der Waals surface area contributed by atoms with Crippen molar-refractivity contribution in [2.45, 2.75) is 26.9 Å². The first-order valence-corrected chi connectivity index (χ1v) is 6.64. The predicted molar refractivity (Wildman–Crippen MR) is 80.7 cm³/mol. The van der Waals surface area contributed by atoms with Crippen molar-refractivity contribution in [2.75, 3.05) is 24.3 Å². The molecule has 4 heteroatoms. The van der Waals surface area contributed by atoms with Crippen LogP contribution in [0.15, 0.2) is 30.3 Å². The average Bonchev–Trinajstić information content (AvgIpc) is 2.77. The Bertz CT molecular complexity index is 526. The van der Waals surface area contributed by atoms with Gasteiger partial charge in [-0.05, 0) is 31.5 Å². The molecule has 0 unspecified atom stereocenters. The average molecular weight is 258 g/mol. The van der Waals surface area contributed by atoms with Crippen molar-refractivity contribution in [2.24, 2.45) is 0 Å². The smallest absolute Gasteiger partial charge is 0.124 e. The van der Waals surface area contributed by atoms with Crippen molar-refractivity contribution in [3.05, 3.63) is 41.6 Å². The molecular formula is C15H22N4. The summed E-state index contributed by atoms with van der Waals surface area (Å²) in [5.74, 6) is 1.08. The number of hydrogen-bond acceptors (Lipinski definition) is 3. The molecule has 4 nitrogen and oxygen atoms in total. The highest BCUT2D eigenvalue weighted by Gasteiger charge is 2.03. The number of nitrogens with one attached hydrogen (secondary N) is 1. The molecule has 1 N–H and O–H groups in total. The minimum absolute atomic E-state index is 0.818. The maximum atomic E-state index is 4.43. The van der Waals surface area contributed by atoms with Crippen LogP contribution in [0.1, 0.15) is 18.2 Å². The Morgan fingerprint density at radius 2 is 1.89 bits per heavy atom. The van der Waals surface area contributed by atoms with Crippen LogP contribution in [0.5, 0.6) is 0 Å². The molecule has 0 fully saturated rings. The summed E-state index contributed by atoms with van der Waals surface area (Å²) >= 11 is 0. The molecule has 0 saturated carbocycles. The van der Waals surface area contributed by atoms with Crippen LogP contribution in [0.3, 0.4) is 0 Å². The first-order chi connectivity index (χ1) is 9.10. The second-order valence-electron chi connectivity index (χ2n) is 4.90. The molecule has 0 aliphatic heterocycles. The van der Waals surface area contributed by atoms with Gasteiger partial charge in [-0.3, -0.25) is 0 Å². The largest absolute Gasteiger partial charge is 0.378 e. The summed E-state index contributed by atoms with van der Waals surface area (Å²) in [7, 11) is 4.10. The van der Waals surface area contributed by atoms with E-state index in [-0.39, 0.29) is 0 Å². The maximum Gasteiger partial charge on any atom is 0.124 e. The third-order valence-corrected chi connectivity index (χ3v) is 3.13. The van der Waals surface area contributed by atoms with E-state index in [1.54, 1.807) is 0 Å². The minimum Gasteiger partial charge on any atom is -0.378 e. The number of aryl methyl sites for hydroxylation is 2. The molecule has 0 aliphatic rings. The number of nitrogens with zero attached hydrogens (tertiary/aromatic N) is 3. The van der Waals surface area contributed by atoms with E-state index in [9.17, 15) is 0 Å². The standard InChI is InChI=1S/C15H22N4/c1-5-19-15(10-12(2)17-19)16-11-13-6-8-14(9-7-13)18(3)4/h6-10,16H,5,11H2,1-4H3. The molecule has 2 aromatic rings. The molecule has 19 heavy (non-hydrogen) atoms. The van der Waals surface area contributed by atoms with Crippen LogP contribution in [0.25, 0.3) is 0 Å².